The molecule has 0 unspecified atom stereocenters. The molecule has 0 bridgehead atoms. The van der Waals surface area contributed by atoms with Crippen LogP contribution >= 0.6 is 0 Å². The van der Waals surface area contributed by atoms with Gasteiger partial charge in [-0.05, 0) is 13.3 Å². The molecule has 0 fully saturated rings. The van der Waals surface area contributed by atoms with Crippen molar-refractivity contribution >= 4 is 11.8 Å². The molecule has 0 radical (unpaired) electrons. The quantitative estimate of drug-likeness (QED) is 0.436. The van der Waals surface area contributed by atoms with Crippen molar-refractivity contribution in [1.29, 1.82) is 0 Å². The molecule has 4 heteroatoms. The Labute approximate surface area is 143 Å². The monoisotopic (exact) mass is 326 g/mol. The third-order valence-electron chi connectivity index (χ3n) is 4.18. The second-order valence-electron chi connectivity index (χ2n) is 6.69. The highest BCUT2D eigenvalue weighted by molar-refractivity contribution is 5.97. The second-order valence-corrected chi connectivity index (χ2v) is 6.69. The van der Waals surface area contributed by atoms with Crippen LogP contribution in [0, 0.1) is 0 Å². The molecule has 0 aromatic carbocycles. The summed E-state index contributed by atoms with van der Waals surface area (Å²) in [7, 11) is 0. The van der Waals surface area contributed by atoms with Crippen LogP contribution in [0.15, 0.2) is 0 Å². The lowest BCUT2D eigenvalue weighted by Gasteiger charge is -2.06. The van der Waals surface area contributed by atoms with E-state index < -0.39 is 6.04 Å². The van der Waals surface area contributed by atoms with E-state index in [1.165, 1.54) is 70.6 Å². The summed E-state index contributed by atoms with van der Waals surface area (Å²) in [5.41, 5.74) is 5.39. The molecule has 2 amide bonds. The molecule has 23 heavy (non-hydrogen) atoms. The van der Waals surface area contributed by atoms with E-state index in [1.54, 1.807) is 6.92 Å². The van der Waals surface area contributed by atoms with Gasteiger partial charge in [0.2, 0.25) is 11.8 Å². The SMILES string of the molecule is CCCCCCCCCCCCCCCC(=O)NC(=O)[C@H](C)N. The summed E-state index contributed by atoms with van der Waals surface area (Å²) in [6.45, 7) is 3.83. The summed E-state index contributed by atoms with van der Waals surface area (Å²) in [5, 5.41) is 2.32. The van der Waals surface area contributed by atoms with Crippen molar-refractivity contribution < 1.29 is 9.59 Å². The van der Waals surface area contributed by atoms with Gasteiger partial charge in [-0.2, -0.15) is 0 Å². The minimum absolute atomic E-state index is 0.199. The summed E-state index contributed by atoms with van der Waals surface area (Å²) in [4.78, 5) is 22.7. The molecule has 1 atom stereocenters. The summed E-state index contributed by atoms with van der Waals surface area (Å²) >= 11 is 0. The van der Waals surface area contributed by atoms with Gasteiger partial charge in [-0.3, -0.25) is 14.9 Å². The van der Waals surface area contributed by atoms with Crippen molar-refractivity contribution in [3.8, 4) is 0 Å². The van der Waals surface area contributed by atoms with Gasteiger partial charge in [-0.15, -0.1) is 0 Å². The van der Waals surface area contributed by atoms with E-state index in [4.69, 9.17) is 5.73 Å². The minimum atomic E-state index is -0.620. The largest absolute Gasteiger partial charge is 0.320 e. The number of unbranched alkanes of at least 4 members (excludes halogenated alkanes) is 12. The molecule has 4 nitrogen and oxygen atoms in total. The first-order valence-corrected chi connectivity index (χ1v) is 9.67. The van der Waals surface area contributed by atoms with E-state index in [2.05, 4.69) is 12.2 Å². The Bertz CT molecular complexity index is 304. The highest BCUT2D eigenvalue weighted by Gasteiger charge is 2.10. The Morgan fingerprint density at radius 2 is 1.17 bits per heavy atom. The van der Waals surface area contributed by atoms with Crippen LogP contribution in [0.25, 0.3) is 0 Å². The Balaban J connectivity index is 3.21. The molecular weight excluding hydrogens is 288 g/mol. The van der Waals surface area contributed by atoms with E-state index in [0.717, 1.165) is 12.8 Å². The highest BCUT2D eigenvalue weighted by Crippen LogP contribution is 2.12. The molecule has 0 heterocycles. The van der Waals surface area contributed by atoms with Gasteiger partial charge in [0.15, 0.2) is 0 Å². The lowest BCUT2D eigenvalue weighted by Crippen LogP contribution is -2.41. The van der Waals surface area contributed by atoms with E-state index in [-0.39, 0.29) is 11.8 Å². The average molecular weight is 327 g/mol. The lowest BCUT2D eigenvalue weighted by atomic mass is 10.0. The van der Waals surface area contributed by atoms with Crippen LogP contribution in [0.4, 0.5) is 0 Å². The number of amides is 2. The third kappa shape index (κ3) is 15.8. The van der Waals surface area contributed by atoms with Crippen molar-refractivity contribution in [1.82, 2.24) is 5.32 Å². The van der Waals surface area contributed by atoms with Crippen molar-refractivity contribution in [3.63, 3.8) is 0 Å². The molecule has 0 rings (SSSR count). The number of rotatable bonds is 15. The zero-order valence-electron chi connectivity index (χ0n) is 15.4. The van der Waals surface area contributed by atoms with E-state index in [0.29, 0.717) is 6.42 Å². The van der Waals surface area contributed by atoms with Gasteiger partial charge in [-0.25, -0.2) is 0 Å². The number of nitrogens with one attached hydrogen (secondary N) is 1. The fraction of sp³-hybridized carbons (Fsp3) is 0.895. The molecule has 0 aromatic heterocycles. The van der Waals surface area contributed by atoms with Gasteiger partial charge in [0.05, 0.1) is 6.04 Å². The molecule has 3 N–H and O–H groups in total. The number of imide groups is 1. The van der Waals surface area contributed by atoms with Crippen LogP contribution in [0.3, 0.4) is 0 Å². The van der Waals surface area contributed by atoms with Crippen molar-refractivity contribution in [2.24, 2.45) is 5.73 Å². The van der Waals surface area contributed by atoms with Crippen LogP contribution in [0.5, 0.6) is 0 Å². The van der Waals surface area contributed by atoms with Crippen LogP contribution in [-0.2, 0) is 9.59 Å². The van der Waals surface area contributed by atoms with Gasteiger partial charge >= 0.3 is 0 Å². The molecule has 0 aromatic rings. The fourth-order valence-electron chi connectivity index (χ4n) is 2.62. The van der Waals surface area contributed by atoms with E-state index in [9.17, 15) is 9.59 Å². The summed E-state index contributed by atoms with van der Waals surface area (Å²) in [5.74, 6) is -0.583. The normalized spacial score (nSPS) is 12.1. The molecule has 0 aliphatic heterocycles. The van der Waals surface area contributed by atoms with Crippen LogP contribution < -0.4 is 11.1 Å². The van der Waals surface area contributed by atoms with Crippen LogP contribution in [0.1, 0.15) is 104 Å². The highest BCUT2D eigenvalue weighted by atomic mass is 16.2. The third-order valence-corrected chi connectivity index (χ3v) is 4.18. The lowest BCUT2D eigenvalue weighted by molar-refractivity contribution is -0.131. The Morgan fingerprint density at radius 1 is 0.783 bits per heavy atom. The first kappa shape index (κ1) is 22.1. The van der Waals surface area contributed by atoms with Crippen LogP contribution in [0.2, 0.25) is 0 Å². The number of hydrogen-bond donors (Lipinski definition) is 2. The van der Waals surface area contributed by atoms with Gasteiger partial charge in [-0.1, -0.05) is 84.0 Å². The van der Waals surface area contributed by atoms with Crippen molar-refractivity contribution in [2.45, 2.75) is 110 Å². The zero-order chi connectivity index (χ0) is 17.3. The van der Waals surface area contributed by atoms with Gasteiger partial charge in [0.1, 0.15) is 0 Å². The summed E-state index contributed by atoms with van der Waals surface area (Å²) < 4.78 is 0. The first-order valence-electron chi connectivity index (χ1n) is 9.67. The minimum Gasteiger partial charge on any atom is -0.320 e. The number of carbonyl (C=O) groups is 2. The predicted molar refractivity (Wildman–Crippen MR) is 97.1 cm³/mol. The van der Waals surface area contributed by atoms with E-state index >= 15 is 0 Å². The van der Waals surface area contributed by atoms with Gasteiger partial charge in [0.25, 0.3) is 0 Å². The predicted octanol–water partition coefficient (Wildman–Crippen LogP) is 4.46. The topological polar surface area (TPSA) is 72.2 Å². The molecule has 136 valence electrons. The second kappa shape index (κ2) is 16.0. The van der Waals surface area contributed by atoms with Crippen molar-refractivity contribution in [3.05, 3.63) is 0 Å². The number of nitrogens with two attached hydrogens (primary N) is 1. The maximum absolute atomic E-state index is 11.5. The smallest absolute Gasteiger partial charge is 0.243 e. The van der Waals surface area contributed by atoms with Crippen molar-refractivity contribution in [2.75, 3.05) is 0 Å². The summed E-state index contributed by atoms with van der Waals surface area (Å²) in [6.07, 6.45) is 17.1. The molecule has 0 spiro atoms. The Kier molecular flexibility index (Phi) is 15.4. The number of carbonyl (C=O) groups excluding carboxylic acids is 2. The molecule has 0 saturated carbocycles. The average Bonchev–Trinajstić information content (AvgIpc) is 2.51. The Hall–Kier alpha value is -0.900. The maximum Gasteiger partial charge on any atom is 0.243 e. The van der Waals surface area contributed by atoms with Crippen LogP contribution in [-0.4, -0.2) is 17.9 Å². The van der Waals surface area contributed by atoms with Gasteiger partial charge < -0.3 is 5.73 Å². The standard InChI is InChI=1S/C19H38N2O2/c1-3-4-5-6-7-8-9-10-11-12-13-14-15-16-18(22)21-19(23)17(2)20/h17H,3-16,20H2,1-2H3,(H,21,22,23)/t17-/m0/s1. The van der Waals surface area contributed by atoms with Gasteiger partial charge in [0, 0.05) is 6.42 Å². The zero-order valence-corrected chi connectivity index (χ0v) is 15.4. The fourth-order valence-corrected chi connectivity index (χ4v) is 2.62. The molecule has 0 saturated heterocycles. The molecule has 0 aliphatic carbocycles. The Morgan fingerprint density at radius 3 is 1.57 bits per heavy atom. The summed E-state index contributed by atoms with van der Waals surface area (Å²) in [6, 6.07) is -0.620. The molecular formula is C19H38N2O2. The van der Waals surface area contributed by atoms with E-state index in [1.807, 2.05) is 0 Å². The first-order chi connectivity index (χ1) is 11.1. The number of hydrogen-bond acceptors (Lipinski definition) is 3. The molecule has 0 aliphatic rings. The maximum atomic E-state index is 11.5.